The van der Waals surface area contributed by atoms with Crippen molar-refractivity contribution in [3.8, 4) is 0 Å². The Balaban J connectivity index is 2.00. The first-order valence-electron chi connectivity index (χ1n) is 7.74. The number of nitrogens with zero attached hydrogens (tertiary/aromatic N) is 3. The average molecular weight is 373 g/mol. The molecule has 0 bridgehead atoms. The lowest BCUT2D eigenvalue weighted by Gasteiger charge is -2.32. The number of nitrogens with one attached hydrogen (secondary N) is 1. The number of amides is 1. The first-order chi connectivity index (χ1) is 11.7. The summed E-state index contributed by atoms with van der Waals surface area (Å²) in [5, 5.41) is 6.87. The Kier molecular flexibility index (Phi) is 4.40. The molecule has 1 amide bonds. The van der Waals surface area contributed by atoms with Crippen molar-refractivity contribution in [2.45, 2.75) is 26.1 Å². The smallest absolute Gasteiger partial charge is 0.382 e. The van der Waals surface area contributed by atoms with Crippen LogP contribution in [0.2, 0.25) is 5.02 Å². The van der Waals surface area contributed by atoms with Gasteiger partial charge in [-0.15, -0.1) is 0 Å². The highest BCUT2D eigenvalue weighted by atomic mass is 35.5. The molecule has 0 spiro atoms. The maximum atomic E-state index is 12.9. The van der Waals surface area contributed by atoms with E-state index in [1.165, 1.54) is 17.0 Å². The van der Waals surface area contributed by atoms with E-state index in [1.807, 2.05) is 13.8 Å². The molecule has 134 valence electrons. The molecule has 1 unspecified atom stereocenters. The van der Waals surface area contributed by atoms with Gasteiger partial charge in [0.1, 0.15) is 5.69 Å². The number of carbonyl (C=O) groups is 1. The van der Waals surface area contributed by atoms with Gasteiger partial charge in [-0.3, -0.25) is 9.48 Å². The van der Waals surface area contributed by atoms with Gasteiger partial charge < -0.3 is 10.2 Å². The molecule has 2 heterocycles. The van der Waals surface area contributed by atoms with E-state index >= 15 is 0 Å². The number of aromatic nitrogens is 2. The van der Waals surface area contributed by atoms with Crippen LogP contribution < -0.4 is 10.2 Å². The summed E-state index contributed by atoms with van der Waals surface area (Å²) in [6.45, 7) is 4.69. The largest absolute Gasteiger partial charge is 0.417 e. The average Bonchev–Trinajstić information content (AvgIpc) is 2.94. The fourth-order valence-electron chi connectivity index (χ4n) is 2.91. The standard InChI is InChI=1S/C16H16ClF3N4O/c1-3-21-13-7-22-24-9(2)8-23(15(25)14(13)24)10-4-5-11(12(17)6-10)16(18,19)20/h4-7,9,21H,3,8H2,1-2H3. The van der Waals surface area contributed by atoms with Crippen LogP contribution in [0.5, 0.6) is 0 Å². The molecule has 0 saturated carbocycles. The van der Waals surface area contributed by atoms with Gasteiger partial charge in [0.25, 0.3) is 5.91 Å². The number of rotatable bonds is 3. The predicted octanol–water partition coefficient (Wildman–Crippen LogP) is 4.21. The maximum Gasteiger partial charge on any atom is 0.417 e. The summed E-state index contributed by atoms with van der Waals surface area (Å²) in [6, 6.07) is 3.21. The van der Waals surface area contributed by atoms with E-state index in [-0.39, 0.29) is 11.9 Å². The number of halogens is 4. The molecule has 5 nitrogen and oxygen atoms in total. The number of benzene rings is 1. The molecule has 1 N–H and O–H groups in total. The van der Waals surface area contributed by atoms with E-state index in [2.05, 4.69) is 10.4 Å². The van der Waals surface area contributed by atoms with Gasteiger partial charge in [0.15, 0.2) is 0 Å². The van der Waals surface area contributed by atoms with Crippen molar-refractivity contribution >= 4 is 28.9 Å². The van der Waals surface area contributed by atoms with Crippen LogP contribution in [0.15, 0.2) is 24.4 Å². The van der Waals surface area contributed by atoms with Crippen LogP contribution in [-0.2, 0) is 6.18 Å². The molecule has 9 heteroatoms. The van der Waals surface area contributed by atoms with Crippen molar-refractivity contribution in [3.63, 3.8) is 0 Å². The molecule has 1 aromatic carbocycles. The van der Waals surface area contributed by atoms with Crippen molar-refractivity contribution in [2.24, 2.45) is 0 Å². The summed E-state index contributed by atoms with van der Waals surface area (Å²) < 4.78 is 40.2. The summed E-state index contributed by atoms with van der Waals surface area (Å²) in [6.07, 6.45) is -2.96. The minimum Gasteiger partial charge on any atom is -0.382 e. The molecular weight excluding hydrogens is 357 g/mol. The number of hydrogen-bond donors (Lipinski definition) is 1. The first kappa shape index (κ1) is 17.6. The van der Waals surface area contributed by atoms with Crippen LogP contribution >= 0.6 is 11.6 Å². The molecule has 25 heavy (non-hydrogen) atoms. The number of anilines is 2. The van der Waals surface area contributed by atoms with Crippen LogP contribution in [0.25, 0.3) is 0 Å². The Morgan fingerprint density at radius 1 is 1.40 bits per heavy atom. The Labute approximate surface area is 147 Å². The lowest BCUT2D eigenvalue weighted by atomic mass is 10.1. The Morgan fingerprint density at radius 2 is 2.12 bits per heavy atom. The van der Waals surface area contributed by atoms with Crippen molar-refractivity contribution in [2.75, 3.05) is 23.3 Å². The number of carbonyl (C=O) groups excluding carboxylic acids is 1. The Bertz CT molecular complexity index is 818. The molecule has 0 radical (unpaired) electrons. The quantitative estimate of drug-likeness (QED) is 0.878. The third-order valence-corrected chi connectivity index (χ3v) is 4.36. The van der Waals surface area contributed by atoms with E-state index in [9.17, 15) is 18.0 Å². The van der Waals surface area contributed by atoms with Gasteiger partial charge in [0.2, 0.25) is 0 Å². The highest BCUT2D eigenvalue weighted by Crippen LogP contribution is 2.38. The van der Waals surface area contributed by atoms with Crippen LogP contribution in [0.3, 0.4) is 0 Å². The van der Waals surface area contributed by atoms with Crippen LogP contribution in [0, 0.1) is 0 Å². The second-order valence-electron chi connectivity index (χ2n) is 5.81. The Hall–Kier alpha value is -2.22. The molecule has 0 saturated heterocycles. The Morgan fingerprint density at radius 3 is 2.72 bits per heavy atom. The number of fused-ring (bicyclic) bond motifs is 1. The van der Waals surface area contributed by atoms with Gasteiger partial charge in [-0.25, -0.2) is 0 Å². The second kappa shape index (κ2) is 6.25. The van der Waals surface area contributed by atoms with E-state index in [0.717, 1.165) is 6.07 Å². The minimum absolute atomic E-state index is 0.124. The third kappa shape index (κ3) is 3.06. The van der Waals surface area contributed by atoms with Crippen LogP contribution in [-0.4, -0.2) is 28.8 Å². The van der Waals surface area contributed by atoms with Crippen molar-refractivity contribution in [1.82, 2.24) is 9.78 Å². The molecule has 0 aliphatic carbocycles. The van der Waals surface area contributed by atoms with Gasteiger partial charge in [-0.05, 0) is 32.0 Å². The number of hydrogen-bond acceptors (Lipinski definition) is 3. The second-order valence-corrected chi connectivity index (χ2v) is 6.22. The summed E-state index contributed by atoms with van der Waals surface area (Å²) in [4.78, 5) is 14.3. The van der Waals surface area contributed by atoms with Crippen molar-refractivity contribution in [3.05, 3.63) is 40.7 Å². The zero-order valence-electron chi connectivity index (χ0n) is 13.6. The summed E-state index contributed by atoms with van der Waals surface area (Å²) in [7, 11) is 0. The monoisotopic (exact) mass is 372 g/mol. The van der Waals surface area contributed by atoms with Gasteiger partial charge >= 0.3 is 6.18 Å². The normalized spacial score (nSPS) is 17.6. The fourth-order valence-corrected chi connectivity index (χ4v) is 3.19. The van der Waals surface area contributed by atoms with Gasteiger partial charge in [0, 0.05) is 18.8 Å². The van der Waals surface area contributed by atoms with Crippen LogP contribution in [0.4, 0.5) is 24.5 Å². The van der Waals surface area contributed by atoms with Crippen molar-refractivity contribution < 1.29 is 18.0 Å². The minimum atomic E-state index is -4.54. The SMILES string of the molecule is CCNc1cnn2c1C(=O)N(c1ccc(C(F)(F)F)c(Cl)c1)CC2C. The lowest BCUT2D eigenvalue weighted by Crippen LogP contribution is -2.43. The molecular formula is C16H16ClF3N4O. The molecule has 2 aromatic rings. The van der Waals surface area contributed by atoms with E-state index in [4.69, 9.17) is 11.6 Å². The van der Waals surface area contributed by atoms with Gasteiger partial charge in [-0.2, -0.15) is 18.3 Å². The molecule has 1 aliphatic rings. The van der Waals surface area contributed by atoms with Gasteiger partial charge in [0.05, 0.1) is 28.5 Å². The zero-order valence-corrected chi connectivity index (χ0v) is 14.3. The van der Waals surface area contributed by atoms with Gasteiger partial charge in [-0.1, -0.05) is 11.6 Å². The maximum absolute atomic E-state index is 12.9. The van der Waals surface area contributed by atoms with E-state index in [1.54, 1.807) is 10.9 Å². The molecule has 1 atom stereocenters. The highest BCUT2D eigenvalue weighted by molar-refractivity contribution is 6.31. The van der Waals surface area contributed by atoms with Crippen LogP contribution in [0.1, 0.15) is 35.9 Å². The summed E-state index contributed by atoms with van der Waals surface area (Å²) >= 11 is 5.79. The summed E-state index contributed by atoms with van der Waals surface area (Å²) in [5.74, 6) is -0.331. The first-order valence-corrected chi connectivity index (χ1v) is 8.11. The number of alkyl halides is 3. The fraction of sp³-hybridized carbons (Fsp3) is 0.375. The molecule has 0 fully saturated rings. The lowest BCUT2D eigenvalue weighted by molar-refractivity contribution is -0.137. The summed E-state index contributed by atoms with van der Waals surface area (Å²) in [5.41, 5.74) is 0.386. The van der Waals surface area contributed by atoms with E-state index in [0.29, 0.717) is 30.2 Å². The highest BCUT2D eigenvalue weighted by Gasteiger charge is 2.36. The topological polar surface area (TPSA) is 50.2 Å². The zero-order chi connectivity index (χ0) is 18.4. The molecule has 1 aliphatic heterocycles. The predicted molar refractivity (Wildman–Crippen MR) is 89.2 cm³/mol. The van der Waals surface area contributed by atoms with Crippen molar-refractivity contribution in [1.29, 1.82) is 0 Å². The third-order valence-electron chi connectivity index (χ3n) is 4.04. The molecule has 3 rings (SSSR count). The van der Waals surface area contributed by atoms with E-state index < -0.39 is 16.8 Å². The molecule has 1 aromatic heterocycles.